The van der Waals surface area contributed by atoms with E-state index in [1.807, 2.05) is 57.2 Å². The molecule has 168 valence electrons. The lowest BCUT2D eigenvalue weighted by Gasteiger charge is -2.18. The van der Waals surface area contributed by atoms with Crippen molar-refractivity contribution in [1.82, 2.24) is 0 Å². The topological polar surface area (TPSA) is 67.9 Å². The predicted molar refractivity (Wildman–Crippen MR) is 130 cm³/mol. The van der Waals surface area contributed by atoms with Crippen LogP contribution in [0.25, 0.3) is 5.57 Å². The second-order valence-electron chi connectivity index (χ2n) is 7.97. The summed E-state index contributed by atoms with van der Waals surface area (Å²) in [6, 6.07) is 18.4. The summed E-state index contributed by atoms with van der Waals surface area (Å²) in [7, 11) is 3.11. The summed E-state index contributed by atoms with van der Waals surface area (Å²) in [5.74, 6) is 0.325. The highest BCUT2D eigenvalue weighted by atomic mass is 16.5. The molecule has 0 spiro atoms. The van der Waals surface area contributed by atoms with Gasteiger partial charge in [0.15, 0.2) is 0 Å². The molecule has 2 amide bonds. The van der Waals surface area contributed by atoms with Crippen molar-refractivity contribution in [1.29, 1.82) is 0 Å². The highest BCUT2D eigenvalue weighted by Gasteiger charge is 2.41. The van der Waals surface area contributed by atoms with Crippen LogP contribution in [0, 0.1) is 20.8 Å². The fraction of sp³-hybridized carbons (Fsp3) is 0.185. The van der Waals surface area contributed by atoms with Crippen LogP contribution in [0.1, 0.15) is 22.3 Å². The van der Waals surface area contributed by atoms with Gasteiger partial charge in [0.1, 0.15) is 17.2 Å². The molecule has 6 nitrogen and oxygen atoms in total. The van der Waals surface area contributed by atoms with Gasteiger partial charge in [0.2, 0.25) is 0 Å². The SMILES string of the molecule is COc1ccc(OC)c(NC2=C(c3ccc(C)c(C)c3)C(=O)N(c3ccccc3C)C2=O)c1. The van der Waals surface area contributed by atoms with E-state index in [9.17, 15) is 9.59 Å². The third-order valence-electron chi connectivity index (χ3n) is 5.90. The van der Waals surface area contributed by atoms with E-state index in [0.717, 1.165) is 16.7 Å². The Morgan fingerprint density at radius 1 is 0.758 bits per heavy atom. The first kappa shape index (κ1) is 22.1. The van der Waals surface area contributed by atoms with Crippen LogP contribution in [0.5, 0.6) is 11.5 Å². The second kappa shape index (κ2) is 8.82. The number of para-hydroxylation sites is 1. The standard InChI is InChI=1S/C27H26N2O4/c1-16-10-11-19(14-18(16)3)24-25(28-21-15-20(32-4)12-13-23(21)33-5)27(31)29(26(24)30)22-9-7-6-8-17(22)2/h6-15,28H,1-5H3. The normalized spacial score (nSPS) is 13.5. The van der Waals surface area contributed by atoms with Crippen molar-refractivity contribution in [2.24, 2.45) is 0 Å². The molecule has 4 rings (SSSR count). The summed E-state index contributed by atoms with van der Waals surface area (Å²) in [5.41, 5.74) is 5.25. The Hall–Kier alpha value is -4.06. The van der Waals surface area contributed by atoms with Crippen LogP contribution in [0.3, 0.4) is 0 Å². The number of nitrogens with zero attached hydrogens (tertiary/aromatic N) is 1. The first-order valence-corrected chi connectivity index (χ1v) is 10.6. The van der Waals surface area contributed by atoms with Gasteiger partial charge in [-0.25, -0.2) is 4.90 Å². The van der Waals surface area contributed by atoms with Crippen molar-refractivity contribution in [3.8, 4) is 11.5 Å². The highest BCUT2D eigenvalue weighted by molar-refractivity contribution is 6.46. The number of benzene rings is 3. The minimum Gasteiger partial charge on any atom is -0.497 e. The maximum Gasteiger partial charge on any atom is 0.282 e. The lowest BCUT2D eigenvalue weighted by Crippen LogP contribution is -2.33. The number of nitrogens with one attached hydrogen (secondary N) is 1. The molecule has 0 unspecified atom stereocenters. The Morgan fingerprint density at radius 2 is 1.52 bits per heavy atom. The quantitative estimate of drug-likeness (QED) is 0.543. The van der Waals surface area contributed by atoms with E-state index in [0.29, 0.717) is 34.0 Å². The van der Waals surface area contributed by atoms with Gasteiger partial charge in [-0.05, 0) is 61.2 Å². The molecule has 0 radical (unpaired) electrons. The number of hydrogen-bond donors (Lipinski definition) is 1. The summed E-state index contributed by atoms with van der Waals surface area (Å²) in [6.45, 7) is 5.87. The first-order chi connectivity index (χ1) is 15.8. The summed E-state index contributed by atoms with van der Waals surface area (Å²) in [5, 5.41) is 3.18. The van der Waals surface area contributed by atoms with Crippen LogP contribution in [-0.4, -0.2) is 26.0 Å². The number of amides is 2. The number of carbonyl (C=O) groups excluding carboxylic acids is 2. The molecule has 1 aliphatic heterocycles. The lowest BCUT2D eigenvalue weighted by molar-refractivity contribution is -0.120. The van der Waals surface area contributed by atoms with Gasteiger partial charge in [0, 0.05) is 6.07 Å². The molecule has 1 N–H and O–H groups in total. The fourth-order valence-electron chi connectivity index (χ4n) is 3.89. The van der Waals surface area contributed by atoms with Crippen molar-refractivity contribution in [3.05, 3.63) is 88.6 Å². The molecule has 0 atom stereocenters. The van der Waals surface area contributed by atoms with E-state index in [4.69, 9.17) is 9.47 Å². The minimum atomic E-state index is -0.424. The van der Waals surface area contributed by atoms with Crippen molar-refractivity contribution in [2.45, 2.75) is 20.8 Å². The molecule has 33 heavy (non-hydrogen) atoms. The van der Waals surface area contributed by atoms with Crippen LogP contribution < -0.4 is 19.7 Å². The molecule has 0 saturated heterocycles. The zero-order valence-electron chi connectivity index (χ0n) is 19.4. The van der Waals surface area contributed by atoms with E-state index in [1.54, 1.807) is 38.5 Å². The molecule has 0 saturated carbocycles. The molecule has 3 aromatic carbocycles. The number of aryl methyl sites for hydroxylation is 3. The van der Waals surface area contributed by atoms with Crippen LogP contribution >= 0.6 is 0 Å². The molecular formula is C27H26N2O4. The van der Waals surface area contributed by atoms with Crippen LogP contribution in [-0.2, 0) is 9.59 Å². The Labute approximate surface area is 193 Å². The number of methoxy groups -OCH3 is 2. The van der Waals surface area contributed by atoms with Gasteiger partial charge in [0.05, 0.1) is 31.2 Å². The monoisotopic (exact) mass is 442 g/mol. The predicted octanol–water partition coefficient (Wildman–Crippen LogP) is 5.03. The van der Waals surface area contributed by atoms with Crippen molar-refractivity contribution in [2.75, 3.05) is 24.4 Å². The number of imide groups is 1. The van der Waals surface area contributed by atoms with Crippen LogP contribution in [0.2, 0.25) is 0 Å². The van der Waals surface area contributed by atoms with Crippen molar-refractivity contribution in [3.63, 3.8) is 0 Å². The average Bonchev–Trinajstić information content (AvgIpc) is 3.05. The summed E-state index contributed by atoms with van der Waals surface area (Å²) < 4.78 is 10.8. The second-order valence-corrected chi connectivity index (χ2v) is 7.97. The van der Waals surface area contributed by atoms with Gasteiger partial charge >= 0.3 is 0 Å². The molecule has 0 aromatic heterocycles. The van der Waals surface area contributed by atoms with Crippen LogP contribution in [0.4, 0.5) is 11.4 Å². The Kier molecular flexibility index (Phi) is 5.92. The highest BCUT2D eigenvalue weighted by Crippen LogP contribution is 2.38. The third-order valence-corrected chi connectivity index (χ3v) is 5.90. The number of carbonyl (C=O) groups is 2. The number of anilines is 2. The van der Waals surface area contributed by atoms with Gasteiger partial charge in [-0.2, -0.15) is 0 Å². The Bertz CT molecular complexity index is 1290. The van der Waals surface area contributed by atoms with Crippen LogP contribution in [0.15, 0.2) is 66.4 Å². The summed E-state index contributed by atoms with van der Waals surface area (Å²) in [4.78, 5) is 28.6. The Balaban J connectivity index is 1.89. The zero-order chi connectivity index (χ0) is 23.7. The molecule has 1 heterocycles. The fourth-order valence-corrected chi connectivity index (χ4v) is 3.89. The molecule has 1 aliphatic rings. The Morgan fingerprint density at radius 3 is 2.18 bits per heavy atom. The zero-order valence-corrected chi connectivity index (χ0v) is 19.4. The van der Waals surface area contributed by atoms with Gasteiger partial charge < -0.3 is 14.8 Å². The van der Waals surface area contributed by atoms with E-state index < -0.39 is 5.91 Å². The first-order valence-electron chi connectivity index (χ1n) is 10.6. The minimum absolute atomic E-state index is 0.193. The van der Waals surface area contributed by atoms with E-state index >= 15 is 0 Å². The molecule has 0 bridgehead atoms. The van der Waals surface area contributed by atoms with Gasteiger partial charge in [-0.1, -0.05) is 36.4 Å². The van der Waals surface area contributed by atoms with E-state index in [-0.39, 0.29) is 11.6 Å². The maximum absolute atomic E-state index is 13.7. The molecule has 0 aliphatic carbocycles. The van der Waals surface area contributed by atoms with E-state index in [1.165, 1.54) is 4.90 Å². The lowest BCUT2D eigenvalue weighted by atomic mass is 9.99. The summed E-state index contributed by atoms with van der Waals surface area (Å²) in [6.07, 6.45) is 0. The third kappa shape index (κ3) is 3.96. The molecule has 0 fully saturated rings. The smallest absolute Gasteiger partial charge is 0.282 e. The largest absolute Gasteiger partial charge is 0.497 e. The number of ether oxygens (including phenoxy) is 2. The average molecular weight is 443 g/mol. The van der Waals surface area contributed by atoms with Crippen molar-refractivity contribution >= 4 is 28.8 Å². The molecule has 6 heteroatoms. The van der Waals surface area contributed by atoms with Gasteiger partial charge in [0.25, 0.3) is 11.8 Å². The molecule has 3 aromatic rings. The van der Waals surface area contributed by atoms with Gasteiger partial charge in [-0.15, -0.1) is 0 Å². The van der Waals surface area contributed by atoms with Crippen molar-refractivity contribution < 1.29 is 19.1 Å². The van der Waals surface area contributed by atoms with E-state index in [2.05, 4.69) is 5.32 Å². The number of hydrogen-bond acceptors (Lipinski definition) is 5. The molecular weight excluding hydrogens is 416 g/mol. The maximum atomic E-state index is 13.7. The number of rotatable bonds is 6. The summed E-state index contributed by atoms with van der Waals surface area (Å²) >= 11 is 0. The van der Waals surface area contributed by atoms with Gasteiger partial charge in [-0.3, -0.25) is 9.59 Å².